The highest BCUT2D eigenvalue weighted by Gasteiger charge is 2.12. The summed E-state index contributed by atoms with van der Waals surface area (Å²) in [5.41, 5.74) is 7.74. The van der Waals surface area contributed by atoms with Crippen LogP contribution in [0.2, 0.25) is 0 Å². The molecular weight excluding hydrogens is 212 g/mol. The van der Waals surface area contributed by atoms with Gasteiger partial charge in [-0.05, 0) is 31.9 Å². The number of anilines is 2. The number of nitrogens with two attached hydrogens (primary N) is 1. The Hall–Kier alpha value is -1.38. The van der Waals surface area contributed by atoms with E-state index in [9.17, 15) is 0 Å². The molecule has 0 amide bonds. The lowest BCUT2D eigenvalue weighted by Gasteiger charge is -2.29. The van der Waals surface area contributed by atoms with Crippen molar-refractivity contribution in [2.75, 3.05) is 24.3 Å². The summed E-state index contributed by atoms with van der Waals surface area (Å²) in [4.78, 5) is 2.29. The quantitative estimate of drug-likeness (QED) is 0.770. The molecule has 3 nitrogen and oxygen atoms in total. The third-order valence-corrected chi connectivity index (χ3v) is 3.19. The number of rotatable bonds is 6. The van der Waals surface area contributed by atoms with E-state index >= 15 is 0 Å². The van der Waals surface area contributed by atoms with Crippen LogP contribution in [-0.2, 0) is 0 Å². The van der Waals surface area contributed by atoms with Gasteiger partial charge in [0, 0.05) is 24.8 Å². The summed E-state index contributed by atoms with van der Waals surface area (Å²) >= 11 is 0. The van der Waals surface area contributed by atoms with Gasteiger partial charge in [0.1, 0.15) is 5.75 Å². The molecule has 0 saturated heterocycles. The number of ether oxygens (including phenoxy) is 1. The van der Waals surface area contributed by atoms with E-state index < -0.39 is 0 Å². The van der Waals surface area contributed by atoms with Gasteiger partial charge >= 0.3 is 0 Å². The van der Waals surface area contributed by atoms with Gasteiger partial charge in [0.15, 0.2) is 0 Å². The zero-order chi connectivity index (χ0) is 12.8. The summed E-state index contributed by atoms with van der Waals surface area (Å²) in [5.74, 6) is 0.780. The molecule has 0 saturated carbocycles. The van der Waals surface area contributed by atoms with Crippen molar-refractivity contribution in [1.82, 2.24) is 0 Å². The van der Waals surface area contributed by atoms with Gasteiger partial charge in [-0.2, -0.15) is 0 Å². The normalized spacial score (nSPS) is 10.6. The molecule has 0 fully saturated rings. The molecule has 0 aliphatic rings. The molecule has 0 radical (unpaired) electrons. The first-order chi connectivity index (χ1) is 8.13. The Morgan fingerprint density at radius 2 is 1.88 bits per heavy atom. The van der Waals surface area contributed by atoms with Crippen LogP contribution in [0.1, 0.15) is 33.6 Å². The average molecular weight is 236 g/mol. The number of nitrogen functional groups attached to an aromatic ring is 1. The summed E-state index contributed by atoms with van der Waals surface area (Å²) in [6.45, 7) is 7.04. The highest BCUT2D eigenvalue weighted by molar-refractivity contribution is 5.62. The Balaban J connectivity index is 2.94. The van der Waals surface area contributed by atoms with E-state index in [-0.39, 0.29) is 0 Å². The first-order valence-electron chi connectivity index (χ1n) is 6.39. The van der Waals surface area contributed by atoms with Crippen molar-refractivity contribution in [3.05, 3.63) is 18.2 Å². The lowest BCUT2D eigenvalue weighted by atomic mass is 10.1. The maximum atomic E-state index is 5.87. The van der Waals surface area contributed by atoms with E-state index in [1.807, 2.05) is 19.1 Å². The van der Waals surface area contributed by atoms with Gasteiger partial charge in [0.2, 0.25) is 0 Å². The van der Waals surface area contributed by atoms with Gasteiger partial charge in [-0.1, -0.05) is 13.8 Å². The Morgan fingerprint density at radius 1 is 1.24 bits per heavy atom. The third-order valence-electron chi connectivity index (χ3n) is 3.19. The van der Waals surface area contributed by atoms with Gasteiger partial charge < -0.3 is 15.4 Å². The standard InChI is InChI=1S/C14H24N2O/c1-5-11(6-2)16(4)12-8-9-13(15)14(10-12)17-7-3/h8-11H,5-7,15H2,1-4H3. The molecule has 1 rings (SSSR count). The van der Waals surface area contributed by atoms with Crippen LogP contribution < -0.4 is 15.4 Å². The Morgan fingerprint density at radius 3 is 2.41 bits per heavy atom. The molecule has 3 heteroatoms. The minimum absolute atomic E-state index is 0.563. The second kappa shape index (κ2) is 6.38. The summed E-state index contributed by atoms with van der Waals surface area (Å²) in [6.07, 6.45) is 2.28. The Bertz CT molecular complexity index is 348. The monoisotopic (exact) mass is 236 g/mol. The molecular formula is C14H24N2O. The number of hydrogen-bond donors (Lipinski definition) is 1. The molecule has 0 bridgehead atoms. The second-order valence-electron chi connectivity index (χ2n) is 4.24. The van der Waals surface area contributed by atoms with Crippen molar-refractivity contribution in [3.8, 4) is 5.75 Å². The van der Waals surface area contributed by atoms with Crippen LogP contribution in [0.3, 0.4) is 0 Å². The summed E-state index contributed by atoms with van der Waals surface area (Å²) in [7, 11) is 2.12. The SMILES string of the molecule is CCOc1cc(N(C)C(CC)CC)ccc1N. The molecule has 0 aliphatic heterocycles. The van der Waals surface area contributed by atoms with E-state index in [1.54, 1.807) is 0 Å². The zero-order valence-electron chi connectivity index (χ0n) is 11.4. The van der Waals surface area contributed by atoms with E-state index in [4.69, 9.17) is 10.5 Å². The first-order valence-corrected chi connectivity index (χ1v) is 6.39. The van der Waals surface area contributed by atoms with Crippen LogP contribution in [0.5, 0.6) is 5.75 Å². The Kier molecular flexibility index (Phi) is 5.13. The van der Waals surface area contributed by atoms with E-state index in [1.165, 1.54) is 0 Å². The molecule has 0 unspecified atom stereocenters. The zero-order valence-corrected chi connectivity index (χ0v) is 11.4. The lowest BCUT2D eigenvalue weighted by Crippen LogP contribution is -2.30. The van der Waals surface area contributed by atoms with Crippen molar-refractivity contribution < 1.29 is 4.74 Å². The smallest absolute Gasteiger partial charge is 0.144 e. The highest BCUT2D eigenvalue weighted by atomic mass is 16.5. The van der Waals surface area contributed by atoms with Crippen LogP contribution >= 0.6 is 0 Å². The van der Waals surface area contributed by atoms with E-state index in [2.05, 4.69) is 31.9 Å². The van der Waals surface area contributed by atoms with Crippen molar-refractivity contribution >= 4 is 11.4 Å². The molecule has 0 heterocycles. The minimum Gasteiger partial charge on any atom is -0.492 e. The largest absolute Gasteiger partial charge is 0.492 e. The van der Waals surface area contributed by atoms with Gasteiger partial charge in [0.05, 0.1) is 12.3 Å². The van der Waals surface area contributed by atoms with Crippen LogP contribution in [-0.4, -0.2) is 19.7 Å². The second-order valence-corrected chi connectivity index (χ2v) is 4.24. The van der Waals surface area contributed by atoms with Gasteiger partial charge in [-0.3, -0.25) is 0 Å². The number of hydrogen-bond acceptors (Lipinski definition) is 3. The van der Waals surface area contributed by atoms with E-state index in [0.29, 0.717) is 18.3 Å². The molecule has 1 aromatic carbocycles. The fourth-order valence-electron chi connectivity index (χ4n) is 2.07. The van der Waals surface area contributed by atoms with Gasteiger partial charge in [-0.15, -0.1) is 0 Å². The topological polar surface area (TPSA) is 38.5 Å². The summed E-state index contributed by atoms with van der Waals surface area (Å²) in [5, 5.41) is 0. The first kappa shape index (κ1) is 13.7. The maximum Gasteiger partial charge on any atom is 0.144 e. The van der Waals surface area contributed by atoms with Crippen LogP contribution in [0.15, 0.2) is 18.2 Å². The van der Waals surface area contributed by atoms with Crippen molar-refractivity contribution in [2.24, 2.45) is 0 Å². The molecule has 17 heavy (non-hydrogen) atoms. The molecule has 0 aromatic heterocycles. The molecule has 2 N–H and O–H groups in total. The Labute approximate surface area is 105 Å². The van der Waals surface area contributed by atoms with E-state index in [0.717, 1.165) is 24.3 Å². The van der Waals surface area contributed by atoms with Crippen LogP contribution in [0.25, 0.3) is 0 Å². The van der Waals surface area contributed by atoms with Crippen LogP contribution in [0.4, 0.5) is 11.4 Å². The predicted octanol–water partition coefficient (Wildman–Crippen LogP) is 3.29. The molecule has 0 atom stereocenters. The molecule has 0 spiro atoms. The maximum absolute atomic E-state index is 5.87. The number of nitrogens with zero attached hydrogens (tertiary/aromatic N) is 1. The number of benzene rings is 1. The van der Waals surface area contributed by atoms with Crippen LogP contribution in [0, 0.1) is 0 Å². The fraction of sp³-hybridized carbons (Fsp3) is 0.571. The van der Waals surface area contributed by atoms with Crippen molar-refractivity contribution in [3.63, 3.8) is 0 Å². The fourth-order valence-corrected chi connectivity index (χ4v) is 2.07. The van der Waals surface area contributed by atoms with Crippen molar-refractivity contribution in [2.45, 2.75) is 39.7 Å². The highest BCUT2D eigenvalue weighted by Crippen LogP contribution is 2.28. The van der Waals surface area contributed by atoms with Gasteiger partial charge in [-0.25, -0.2) is 0 Å². The summed E-state index contributed by atoms with van der Waals surface area (Å²) < 4.78 is 5.52. The summed E-state index contributed by atoms with van der Waals surface area (Å²) in [6, 6.07) is 6.56. The lowest BCUT2D eigenvalue weighted by molar-refractivity contribution is 0.342. The minimum atomic E-state index is 0.563. The third kappa shape index (κ3) is 3.29. The van der Waals surface area contributed by atoms with Crippen molar-refractivity contribution in [1.29, 1.82) is 0 Å². The average Bonchev–Trinajstić information content (AvgIpc) is 2.33. The molecule has 96 valence electrons. The molecule has 1 aromatic rings. The predicted molar refractivity (Wildman–Crippen MR) is 74.8 cm³/mol. The molecule has 0 aliphatic carbocycles. The van der Waals surface area contributed by atoms with Gasteiger partial charge in [0.25, 0.3) is 0 Å².